The van der Waals surface area contributed by atoms with Crippen molar-refractivity contribution in [1.82, 2.24) is 5.16 Å². The Labute approximate surface area is 98.6 Å². The van der Waals surface area contributed by atoms with Gasteiger partial charge in [0, 0.05) is 24.8 Å². The Morgan fingerprint density at radius 1 is 1.62 bits per heavy atom. The summed E-state index contributed by atoms with van der Waals surface area (Å²) in [7, 11) is 0. The summed E-state index contributed by atoms with van der Waals surface area (Å²) in [5.74, 6) is 2.70. The van der Waals surface area contributed by atoms with Crippen LogP contribution < -0.4 is 5.32 Å². The molecule has 0 aliphatic rings. The van der Waals surface area contributed by atoms with Gasteiger partial charge in [-0.3, -0.25) is 4.79 Å². The molecule has 0 aliphatic carbocycles. The molecule has 2 N–H and O–H groups in total. The topological polar surface area (TPSA) is 75.4 Å². The zero-order valence-electron chi connectivity index (χ0n) is 9.23. The summed E-state index contributed by atoms with van der Waals surface area (Å²) >= 11 is 1.66. The van der Waals surface area contributed by atoms with E-state index in [0.717, 1.165) is 17.9 Å². The van der Waals surface area contributed by atoms with Crippen molar-refractivity contribution < 1.29 is 14.4 Å². The molecule has 1 rings (SSSR count). The van der Waals surface area contributed by atoms with Crippen LogP contribution in [-0.2, 0) is 4.79 Å². The van der Waals surface area contributed by atoms with E-state index in [9.17, 15) is 4.79 Å². The predicted molar refractivity (Wildman–Crippen MR) is 63.5 cm³/mol. The molecule has 0 unspecified atom stereocenters. The predicted octanol–water partition coefficient (Wildman–Crippen LogP) is 1.43. The van der Waals surface area contributed by atoms with Gasteiger partial charge in [0.1, 0.15) is 5.76 Å². The minimum Gasteiger partial charge on any atom is -0.396 e. The minimum atomic E-state index is -0.0650. The number of aromatic nitrogens is 1. The number of carbonyl (C=O) groups excluding carboxylic acids is 1. The molecular formula is C10H16N2O3S. The van der Waals surface area contributed by atoms with Crippen LogP contribution in [0, 0.1) is 6.92 Å². The zero-order valence-corrected chi connectivity index (χ0v) is 10.0. The van der Waals surface area contributed by atoms with Crippen molar-refractivity contribution in [3.05, 3.63) is 11.8 Å². The van der Waals surface area contributed by atoms with Crippen LogP contribution in [0.4, 0.5) is 5.82 Å². The van der Waals surface area contributed by atoms with Crippen LogP contribution in [0.25, 0.3) is 0 Å². The molecule has 16 heavy (non-hydrogen) atoms. The highest BCUT2D eigenvalue weighted by atomic mass is 32.2. The smallest absolute Gasteiger partial charge is 0.226 e. The highest BCUT2D eigenvalue weighted by Crippen LogP contribution is 2.09. The highest BCUT2D eigenvalue weighted by molar-refractivity contribution is 7.99. The van der Waals surface area contributed by atoms with E-state index in [2.05, 4.69) is 10.5 Å². The molecule has 90 valence electrons. The Morgan fingerprint density at radius 2 is 2.44 bits per heavy atom. The van der Waals surface area contributed by atoms with Crippen LogP contribution in [0.5, 0.6) is 0 Å². The quantitative estimate of drug-likeness (QED) is 0.710. The number of rotatable bonds is 7. The van der Waals surface area contributed by atoms with Gasteiger partial charge in [-0.15, -0.1) is 0 Å². The number of hydrogen-bond donors (Lipinski definition) is 2. The van der Waals surface area contributed by atoms with Crippen molar-refractivity contribution in [3.8, 4) is 0 Å². The lowest BCUT2D eigenvalue weighted by Gasteiger charge is -2.00. The number of aliphatic hydroxyl groups is 1. The van der Waals surface area contributed by atoms with Crippen LogP contribution >= 0.6 is 11.8 Å². The molecule has 0 atom stereocenters. The number of hydrogen-bond acceptors (Lipinski definition) is 5. The molecule has 0 radical (unpaired) electrons. The van der Waals surface area contributed by atoms with Gasteiger partial charge in [-0.2, -0.15) is 11.8 Å². The number of amides is 1. The van der Waals surface area contributed by atoms with Crippen LogP contribution in [0.2, 0.25) is 0 Å². The fourth-order valence-corrected chi connectivity index (χ4v) is 1.93. The molecule has 0 saturated heterocycles. The van der Waals surface area contributed by atoms with Crippen molar-refractivity contribution in [1.29, 1.82) is 0 Å². The van der Waals surface area contributed by atoms with E-state index in [4.69, 9.17) is 9.63 Å². The molecule has 5 nitrogen and oxygen atoms in total. The number of anilines is 1. The minimum absolute atomic E-state index is 0.0650. The Balaban J connectivity index is 2.11. The molecule has 0 aliphatic heterocycles. The van der Waals surface area contributed by atoms with Gasteiger partial charge in [0.15, 0.2) is 5.82 Å². The van der Waals surface area contributed by atoms with Gasteiger partial charge in [0.05, 0.1) is 0 Å². The lowest BCUT2D eigenvalue weighted by atomic mass is 10.4. The molecule has 1 aromatic rings. The molecule has 6 heteroatoms. The van der Waals surface area contributed by atoms with Crippen molar-refractivity contribution in [3.63, 3.8) is 0 Å². The van der Waals surface area contributed by atoms with E-state index in [-0.39, 0.29) is 12.5 Å². The fourth-order valence-electron chi connectivity index (χ4n) is 1.06. The molecule has 0 spiro atoms. The van der Waals surface area contributed by atoms with Crippen LogP contribution in [0.1, 0.15) is 18.6 Å². The van der Waals surface area contributed by atoms with Crippen LogP contribution in [0.3, 0.4) is 0 Å². The lowest BCUT2D eigenvalue weighted by molar-refractivity contribution is -0.115. The molecule has 1 heterocycles. The van der Waals surface area contributed by atoms with E-state index in [1.807, 2.05) is 0 Å². The maximum atomic E-state index is 11.4. The highest BCUT2D eigenvalue weighted by Gasteiger charge is 2.05. The Hall–Kier alpha value is -1.01. The first-order chi connectivity index (χ1) is 7.72. The second-order valence-corrected chi connectivity index (χ2v) is 4.54. The zero-order chi connectivity index (χ0) is 11.8. The third kappa shape index (κ3) is 5.18. The number of nitrogens with one attached hydrogen (secondary N) is 1. The SMILES string of the molecule is Cc1cc(NC(=O)CCSCCCO)no1. The van der Waals surface area contributed by atoms with Crippen molar-refractivity contribution >= 4 is 23.5 Å². The molecular weight excluding hydrogens is 228 g/mol. The summed E-state index contributed by atoms with van der Waals surface area (Å²) in [6.07, 6.45) is 1.22. The first-order valence-corrected chi connectivity index (χ1v) is 6.29. The molecule has 0 fully saturated rings. The van der Waals surface area contributed by atoms with Gasteiger partial charge < -0.3 is 14.9 Å². The van der Waals surface area contributed by atoms with Gasteiger partial charge in [0.2, 0.25) is 5.91 Å². The van der Waals surface area contributed by atoms with E-state index in [0.29, 0.717) is 18.0 Å². The number of aryl methyl sites for hydroxylation is 1. The fraction of sp³-hybridized carbons (Fsp3) is 0.600. The first-order valence-electron chi connectivity index (χ1n) is 5.14. The average molecular weight is 244 g/mol. The van der Waals surface area contributed by atoms with E-state index < -0.39 is 0 Å². The van der Waals surface area contributed by atoms with E-state index in [1.165, 1.54) is 0 Å². The van der Waals surface area contributed by atoms with Crippen molar-refractivity contribution in [2.24, 2.45) is 0 Å². The molecule has 1 aromatic heterocycles. The largest absolute Gasteiger partial charge is 0.396 e. The normalized spacial score (nSPS) is 10.4. The third-order valence-corrected chi connectivity index (χ3v) is 2.89. The third-order valence-electron chi connectivity index (χ3n) is 1.82. The maximum absolute atomic E-state index is 11.4. The summed E-state index contributed by atoms with van der Waals surface area (Å²) in [5.41, 5.74) is 0. The Kier molecular flexibility index (Phi) is 5.95. The molecule has 0 bridgehead atoms. The van der Waals surface area contributed by atoms with Crippen molar-refractivity contribution in [2.75, 3.05) is 23.4 Å². The van der Waals surface area contributed by atoms with Gasteiger partial charge >= 0.3 is 0 Å². The summed E-state index contributed by atoms with van der Waals surface area (Å²) < 4.78 is 4.83. The average Bonchev–Trinajstić information content (AvgIpc) is 2.63. The van der Waals surface area contributed by atoms with Gasteiger partial charge in [-0.05, 0) is 19.1 Å². The lowest BCUT2D eigenvalue weighted by Crippen LogP contribution is -2.12. The van der Waals surface area contributed by atoms with Crippen LogP contribution in [-0.4, -0.2) is 34.3 Å². The summed E-state index contributed by atoms with van der Waals surface area (Å²) in [5, 5.41) is 14.9. The van der Waals surface area contributed by atoms with E-state index in [1.54, 1.807) is 24.8 Å². The number of nitrogens with zero attached hydrogens (tertiary/aromatic N) is 1. The Morgan fingerprint density at radius 3 is 3.06 bits per heavy atom. The molecule has 1 amide bonds. The van der Waals surface area contributed by atoms with Gasteiger partial charge in [-0.1, -0.05) is 5.16 Å². The standard InChI is InChI=1S/C10H16N2O3S/c1-8-7-9(12-15-8)11-10(14)3-6-16-5-2-4-13/h7,13H,2-6H2,1H3,(H,11,12,14). The monoisotopic (exact) mass is 244 g/mol. The van der Waals surface area contributed by atoms with Crippen LogP contribution in [0.15, 0.2) is 10.6 Å². The Bertz CT molecular complexity index is 328. The second-order valence-electron chi connectivity index (χ2n) is 3.31. The summed E-state index contributed by atoms with van der Waals surface area (Å²) in [6.45, 7) is 1.98. The van der Waals surface area contributed by atoms with E-state index >= 15 is 0 Å². The van der Waals surface area contributed by atoms with Gasteiger partial charge in [0.25, 0.3) is 0 Å². The van der Waals surface area contributed by atoms with Gasteiger partial charge in [-0.25, -0.2) is 0 Å². The summed E-state index contributed by atoms with van der Waals surface area (Å²) in [6, 6.07) is 1.68. The number of carbonyl (C=O) groups is 1. The number of aliphatic hydroxyl groups excluding tert-OH is 1. The van der Waals surface area contributed by atoms with Crippen molar-refractivity contribution in [2.45, 2.75) is 19.8 Å². The second kappa shape index (κ2) is 7.29. The molecule has 0 saturated carbocycles. The maximum Gasteiger partial charge on any atom is 0.226 e. The molecule has 0 aromatic carbocycles. The number of thioether (sulfide) groups is 1. The summed E-state index contributed by atoms with van der Waals surface area (Å²) in [4.78, 5) is 11.4. The first kappa shape index (κ1) is 13.1.